The summed E-state index contributed by atoms with van der Waals surface area (Å²) >= 11 is 1.40. The van der Waals surface area contributed by atoms with Crippen LogP contribution in [0.4, 0.5) is 0 Å². The number of ether oxygens (including phenoxy) is 2. The molecular weight excluding hydrogens is 282 g/mol. The number of carboxylic acid groups (broad SMARTS) is 1. The van der Waals surface area contributed by atoms with Gasteiger partial charge in [0.2, 0.25) is 5.91 Å². The molecule has 0 aliphatic heterocycles. The second kappa shape index (κ2) is 9.22. The highest BCUT2D eigenvalue weighted by Crippen LogP contribution is 2.22. The molecule has 0 saturated carbocycles. The quantitative estimate of drug-likeness (QED) is 0.523. The Morgan fingerprint density at radius 3 is 2.90 bits per heavy atom. The molecule has 0 bridgehead atoms. The summed E-state index contributed by atoms with van der Waals surface area (Å²) in [6.07, 6.45) is 0. The summed E-state index contributed by atoms with van der Waals surface area (Å²) in [4.78, 5) is 22.7. The van der Waals surface area contributed by atoms with Crippen molar-refractivity contribution < 1.29 is 24.2 Å². The number of amides is 1. The predicted octanol–water partition coefficient (Wildman–Crippen LogP) is 1.00. The van der Waals surface area contributed by atoms with E-state index in [0.717, 1.165) is 10.6 Å². The minimum absolute atomic E-state index is 0.128. The van der Waals surface area contributed by atoms with Gasteiger partial charge in [0.15, 0.2) is 0 Å². The fourth-order valence-electron chi connectivity index (χ4n) is 1.31. The topological polar surface area (TPSA) is 84.9 Å². The Bertz CT molecular complexity index is 452. The Balaban J connectivity index is 2.17. The van der Waals surface area contributed by atoms with Crippen LogP contribution in [0, 0.1) is 0 Å². The van der Waals surface area contributed by atoms with Gasteiger partial charge in [-0.2, -0.15) is 0 Å². The summed E-state index contributed by atoms with van der Waals surface area (Å²) in [6.45, 7) is 0.126. The smallest absolute Gasteiger partial charge is 0.329 e. The van der Waals surface area contributed by atoms with Crippen molar-refractivity contribution in [3.63, 3.8) is 0 Å². The SMILES string of the molecule is COc1cccc(SCC(=O)NCCOCC(=O)O)c1. The third-order valence-corrected chi connectivity index (χ3v) is 3.20. The fourth-order valence-corrected chi connectivity index (χ4v) is 2.09. The van der Waals surface area contributed by atoms with Crippen LogP contribution in [0.1, 0.15) is 0 Å². The summed E-state index contributed by atoms with van der Waals surface area (Å²) in [6, 6.07) is 7.45. The first kappa shape index (κ1) is 16.3. The van der Waals surface area contributed by atoms with E-state index in [4.69, 9.17) is 14.6 Å². The fraction of sp³-hybridized carbons (Fsp3) is 0.385. The van der Waals surface area contributed by atoms with Crippen LogP contribution < -0.4 is 10.1 Å². The summed E-state index contributed by atoms with van der Waals surface area (Å²) in [7, 11) is 1.59. The van der Waals surface area contributed by atoms with Gasteiger partial charge in [-0.25, -0.2) is 4.79 Å². The summed E-state index contributed by atoms with van der Waals surface area (Å²) < 4.78 is 9.90. The van der Waals surface area contributed by atoms with Crippen molar-refractivity contribution in [1.29, 1.82) is 0 Å². The molecule has 6 nitrogen and oxygen atoms in total. The second-order valence-electron chi connectivity index (χ2n) is 3.76. The van der Waals surface area contributed by atoms with Crippen LogP contribution >= 0.6 is 11.8 Å². The minimum Gasteiger partial charge on any atom is -0.497 e. The van der Waals surface area contributed by atoms with Gasteiger partial charge in [-0.05, 0) is 18.2 Å². The molecule has 1 aromatic carbocycles. The first-order valence-corrected chi connectivity index (χ1v) is 6.93. The molecule has 0 heterocycles. The Morgan fingerprint density at radius 2 is 2.20 bits per heavy atom. The van der Waals surface area contributed by atoms with Gasteiger partial charge < -0.3 is 19.9 Å². The Labute approximate surface area is 121 Å². The lowest BCUT2D eigenvalue weighted by atomic mass is 10.3. The Morgan fingerprint density at radius 1 is 1.40 bits per heavy atom. The summed E-state index contributed by atoms with van der Waals surface area (Å²) in [5.74, 6) is -0.120. The normalized spacial score (nSPS) is 10.1. The number of rotatable bonds is 9. The van der Waals surface area contributed by atoms with Crippen LogP contribution in [-0.4, -0.2) is 49.6 Å². The van der Waals surface area contributed by atoms with Gasteiger partial charge in [-0.15, -0.1) is 11.8 Å². The van der Waals surface area contributed by atoms with E-state index in [2.05, 4.69) is 5.32 Å². The zero-order valence-electron chi connectivity index (χ0n) is 11.1. The average Bonchev–Trinajstić information content (AvgIpc) is 2.44. The number of hydrogen-bond donors (Lipinski definition) is 2. The van der Waals surface area contributed by atoms with Crippen LogP contribution in [0.2, 0.25) is 0 Å². The first-order chi connectivity index (χ1) is 9.61. The molecule has 0 unspecified atom stereocenters. The van der Waals surface area contributed by atoms with E-state index >= 15 is 0 Å². The number of aliphatic carboxylic acids is 1. The molecule has 0 radical (unpaired) electrons. The van der Waals surface area contributed by atoms with E-state index in [1.807, 2.05) is 24.3 Å². The van der Waals surface area contributed by atoms with Crippen molar-refractivity contribution in [2.45, 2.75) is 4.90 Å². The van der Waals surface area contributed by atoms with E-state index < -0.39 is 5.97 Å². The van der Waals surface area contributed by atoms with Crippen molar-refractivity contribution in [3.8, 4) is 5.75 Å². The average molecular weight is 299 g/mol. The lowest BCUT2D eigenvalue weighted by Crippen LogP contribution is -2.29. The maximum Gasteiger partial charge on any atom is 0.329 e. The monoisotopic (exact) mass is 299 g/mol. The molecule has 1 rings (SSSR count). The maximum absolute atomic E-state index is 11.5. The first-order valence-electron chi connectivity index (χ1n) is 5.95. The largest absolute Gasteiger partial charge is 0.497 e. The second-order valence-corrected chi connectivity index (χ2v) is 4.81. The zero-order valence-corrected chi connectivity index (χ0v) is 11.9. The van der Waals surface area contributed by atoms with Crippen molar-refractivity contribution in [3.05, 3.63) is 24.3 Å². The van der Waals surface area contributed by atoms with Gasteiger partial charge in [0.1, 0.15) is 12.4 Å². The number of hydrogen-bond acceptors (Lipinski definition) is 5. The Kier molecular flexibility index (Phi) is 7.52. The van der Waals surface area contributed by atoms with E-state index in [0.29, 0.717) is 6.54 Å². The molecule has 1 amide bonds. The molecular formula is C13H17NO5S. The van der Waals surface area contributed by atoms with Crippen LogP contribution in [-0.2, 0) is 14.3 Å². The number of carbonyl (C=O) groups is 2. The number of benzene rings is 1. The van der Waals surface area contributed by atoms with Gasteiger partial charge in [0, 0.05) is 11.4 Å². The van der Waals surface area contributed by atoms with Crippen LogP contribution in [0.25, 0.3) is 0 Å². The van der Waals surface area contributed by atoms with Gasteiger partial charge in [0.05, 0.1) is 19.5 Å². The van der Waals surface area contributed by atoms with Crippen LogP contribution in [0.3, 0.4) is 0 Å². The zero-order chi connectivity index (χ0) is 14.8. The molecule has 0 fully saturated rings. The molecule has 0 atom stereocenters. The molecule has 0 aromatic heterocycles. The minimum atomic E-state index is -1.02. The molecule has 1 aromatic rings. The van der Waals surface area contributed by atoms with E-state index in [1.54, 1.807) is 7.11 Å². The third-order valence-electron chi connectivity index (χ3n) is 2.21. The lowest BCUT2D eigenvalue weighted by Gasteiger charge is -2.06. The number of carboxylic acids is 1. The van der Waals surface area contributed by atoms with Crippen LogP contribution in [0.15, 0.2) is 29.2 Å². The van der Waals surface area contributed by atoms with Crippen LogP contribution in [0.5, 0.6) is 5.75 Å². The van der Waals surface area contributed by atoms with E-state index in [1.165, 1.54) is 11.8 Å². The molecule has 0 spiro atoms. The predicted molar refractivity (Wildman–Crippen MR) is 75.2 cm³/mol. The lowest BCUT2D eigenvalue weighted by molar-refractivity contribution is -0.142. The van der Waals surface area contributed by atoms with E-state index in [9.17, 15) is 9.59 Å². The van der Waals surface area contributed by atoms with E-state index in [-0.39, 0.29) is 24.9 Å². The molecule has 2 N–H and O–H groups in total. The molecule has 0 saturated heterocycles. The van der Waals surface area contributed by atoms with Crippen molar-refractivity contribution >= 4 is 23.6 Å². The Hall–Kier alpha value is -1.73. The molecule has 7 heteroatoms. The highest BCUT2D eigenvalue weighted by Gasteiger charge is 2.03. The highest BCUT2D eigenvalue weighted by atomic mass is 32.2. The van der Waals surface area contributed by atoms with Crippen molar-refractivity contribution in [2.75, 3.05) is 32.6 Å². The standard InChI is InChI=1S/C13H17NO5S/c1-18-10-3-2-4-11(7-10)20-9-12(15)14-5-6-19-8-13(16)17/h2-4,7H,5-6,8-9H2,1H3,(H,14,15)(H,16,17). The number of methoxy groups -OCH3 is 1. The molecule has 0 aliphatic rings. The number of nitrogens with one attached hydrogen (secondary N) is 1. The molecule has 20 heavy (non-hydrogen) atoms. The van der Waals surface area contributed by atoms with Gasteiger partial charge in [-0.1, -0.05) is 6.07 Å². The molecule has 110 valence electrons. The number of carbonyl (C=O) groups excluding carboxylic acids is 1. The van der Waals surface area contributed by atoms with Gasteiger partial charge in [-0.3, -0.25) is 4.79 Å². The van der Waals surface area contributed by atoms with Gasteiger partial charge in [0.25, 0.3) is 0 Å². The maximum atomic E-state index is 11.5. The summed E-state index contributed by atoms with van der Waals surface area (Å²) in [5.41, 5.74) is 0. The third kappa shape index (κ3) is 7.01. The van der Waals surface area contributed by atoms with Crippen molar-refractivity contribution in [2.24, 2.45) is 0 Å². The summed E-state index contributed by atoms with van der Waals surface area (Å²) in [5, 5.41) is 11.0. The van der Waals surface area contributed by atoms with Gasteiger partial charge >= 0.3 is 5.97 Å². The van der Waals surface area contributed by atoms with Crippen molar-refractivity contribution in [1.82, 2.24) is 5.32 Å². The molecule has 0 aliphatic carbocycles. The number of thioether (sulfide) groups is 1. The highest BCUT2D eigenvalue weighted by molar-refractivity contribution is 8.00.